The summed E-state index contributed by atoms with van der Waals surface area (Å²) in [5.41, 5.74) is 2.34. The monoisotopic (exact) mass is 257 g/mol. The van der Waals surface area contributed by atoms with Crippen molar-refractivity contribution in [2.45, 2.75) is 40.5 Å². The molecule has 4 heteroatoms. The van der Waals surface area contributed by atoms with E-state index in [0.29, 0.717) is 0 Å². The molecule has 17 heavy (non-hydrogen) atoms. The first-order chi connectivity index (χ1) is 7.91. The quantitative estimate of drug-likeness (QED) is 0.849. The van der Waals surface area contributed by atoms with Gasteiger partial charge in [-0.2, -0.15) is 5.10 Å². The third kappa shape index (κ3) is 3.71. The van der Waals surface area contributed by atoms with Crippen LogP contribution in [0.15, 0.2) is 0 Å². The van der Waals surface area contributed by atoms with E-state index in [-0.39, 0.29) is 5.41 Å². The Bertz CT molecular complexity index is 369. The Morgan fingerprint density at radius 1 is 1.35 bits per heavy atom. The summed E-state index contributed by atoms with van der Waals surface area (Å²) in [5.74, 6) is 0. The molecule has 1 rings (SSSR count). The molecule has 0 atom stereocenters. The Balaban J connectivity index is 2.83. The van der Waals surface area contributed by atoms with Crippen LogP contribution in [0.3, 0.4) is 0 Å². The van der Waals surface area contributed by atoms with Crippen LogP contribution >= 0.6 is 11.6 Å². The van der Waals surface area contributed by atoms with Crippen LogP contribution in [0, 0.1) is 5.41 Å². The van der Waals surface area contributed by atoms with Gasteiger partial charge >= 0.3 is 0 Å². The zero-order valence-electron chi connectivity index (χ0n) is 11.6. The van der Waals surface area contributed by atoms with Gasteiger partial charge in [-0.25, -0.2) is 0 Å². The maximum absolute atomic E-state index is 6.37. The number of nitrogens with zero attached hydrogens (tertiary/aromatic N) is 2. The summed E-state index contributed by atoms with van der Waals surface area (Å²) in [5, 5.41) is 8.70. The van der Waals surface area contributed by atoms with E-state index < -0.39 is 0 Å². The van der Waals surface area contributed by atoms with Gasteiger partial charge in [0.05, 0.1) is 16.4 Å². The topological polar surface area (TPSA) is 29.9 Å². The Hall–Kier alpha value is -0.540. The summed E-state index contributed by atoms with van der Waals surface area (Å²) >= 11 is 6.37. The third-order valence-electron chi connectivity index (χ3n) is 3.00. The van der Waals surface area contributed by atoms with Crippen molar-refractivity contribution in [2.24, 2.45) is 12.5 Å². The summed E-state index contributed by atoms with van der Waals surface area (Å²) in [6.07, 6.45) is 1.84. The second-order valence-electron chi connectivity index (χ2n) is 5.31. The highest BCUT2D eigenvalue weighted by molar-refractivity contribution is 6.31. The van der Waals surface area contributed by atoms with E-state index in [2.05, 4.69) is 38.1 Å². The molecular weight excluding hydrogens is 234 g/mol. The van der Waals surface area contributed by atoms with Crippen LogP contribution in [0.5, 0.6) is 0 Å². The number of rotatable bonds is 6. The van der Waals surface area contributed by atoms with Crippen LogP contribution < -0.4 is 5.32 Å². The Morgan fingerprint density at radius 3 is 2.47 bits per heavy atom. The number of halogens is 1. The number of aromatic nitrogens is 2. The standard InChI is InChI=1S/C13H24ClN3/c1-6-10-12(14)11(17(5)16-10)8-13(3,4)9-15-7-2/h15H,6-9H2,1-5H3. The predicted molar refractivity (Wildman–Crippen MR) is 73.6 cm³/mol. The molecule has 0 aliphatic rings. The van der Waals surface area contributed by atoms with Crippen LogP contribution in [-0.2, 0) is 19.9 Å². The molecule has 1 N–H and O–H groups in total. The summed E-state index contributed by atoms with van der Waals surface area (Å²) < 4.78 is 1.93. The van der Waals surface area contributed by atoms with E-state index in [0.717, 1.165) is 42.3 Å². The molecule has 0 saturated heterocycles. The SMILES string of the molecule is CCNCC(C)(C)Cc1c(Cl)c(CC)nn1C. The van der Waals surface area contributed by atoms with Crippen molar-refractivity contribution in [3.63, 3.8) is 0 Å². The first-order valence-electron chi connectivity index (χ1n) is 6.32. The fourth-order valence-corrected chi connectivity index (χ4v) is 2.35. The molecule has 0 aliphatic carbocycles. The lowest BCUT2D eigenvalue weighted by Gasteiger charge is -2.25. The van der Waals surface area contributed by atoms with Crippen molar-refractivity contribution in [3.05, 3.63) is 16.4 Å². The van der Waals surface area contributed by atoms with E-state index in [1.807, 2.05) is 11.7 Å². The molecule has 0 radical (unpaired) electrons. The van der Waals surface area contributed by atoms with Gasteiger partial charge < -0.3 is 5.32 Å². The van der Waals surface area contributed by atoms with Gasteiger partial charge in [0.25, 0.3) is 0 Å². The molecule has 1 aromatic heterocycles. The van der Waals surface area contributed by atoms with Gasteiger partial charge in [-0.15, -0.1) is 0 Å². The summed E-state index contributed by atoms with van der Waals surface area (Å²) in [4.78, 5) is 0. The molecular formula is C13H24ClN3. The molecule has 0 amide bonds. The maximum Gasteiger partial charge on any atom is 0.0849 e. The van der Waals surface area contributed by atoms with Gasteiger partial charge in [0.15, 0.2) is 0 Å². The van der Waals surface area contributed by atoms with Crippen molar-refractivity contribution < 1.29 is 0 Å². The average Bonchev–Trinajstić information content (AvgIpc) is 2.53. The summed E-state index contributed by atoms with van der Waals surface area (Å²) in [6, 6.07) is 0. The van der Waals surface area contributed by atoms with Crippen molar-refractivity contribution >= 4 is 11.6 Å². The molecule has 1 heterocycles. The Labute approximate surface area is 110 Å². The van der Waals surface area contributed by atoms with Crippen LogP contribution in [0.1, 0.15) is 39.1 Å². The van der Waals surface area contributed by atoms with Crippen LogP contribution in [0.25, 0.3) is 0 Å². The second kappa shape index (κ2) is 5.87. The Morgan fingerprint density at radius 2 is 2.00 bits per heavy atom. The van der Waals surface area contributed by atoms with Gasteiger partial charge in [0.1, 0.15) is 0 Å². The minimum absolute atomic E-state index is 0.193. The largest absolute Gasteiger partial charge is 0.316 e. The van der Waals surface area contributed by atoms with E-state index in [9.17, 15) is 0 Å². The van der Waals surface area contributed by atoms with E-state index in [1.165, 1.54) is 0 Å². The van der Waals surface area contributed by atoms with Crippen molar-refractivity contribution in [3.8, 4) is 0 Å². The summed E-state index contributed by atoms with van der Waals surface area (Å²) in [7, 11) is 1.98. The highest BCUT2D eigenvalue weighted by atomic mass is 35.5. The van der Waals surface area contributed by atoms with Gasteiger partial charge in [-0.05, 0) is 24.8 Å². The molecule has 0 fully saturated rings. The lowest BCUT2D eigenvalue weighted by atomic mass is 9.87. The van der Waals surface area contributed by atoms with Crippen molar-refractivity contribution in [1.29, 1.82) is 0 Å². The first-order valence-corrected chi connectivity index (χ1v) is 6.70. The zero-order valence-corrected chi connectivity index (χ0v) is 12.4. The molecule has 0 aromatic carbocycles. The van der Waals surface area contributed by atoms with E-state index >= 15 is 0 Å². The van der Waals surface area contributed by atoms with E-state index in [1.54, 1.807) is 0 Å². The smallest absolute Gasteiger partial charge is 0.0849 e. The van der Waals surface area contributed by atoms with E-state index in [4.69, 9.17) is 11.6 Å². The minimum atomic E-state index is 0.193. The Kier molecular flexibility index (Phi) is 5.02. The molecule has 0 bridgehead atoms. The molecule has 3 nitrogen and oxygen atoms in total. The first kappa shape index (κ1) is 14.5. The van der Waals surface area contributed by atoms with Crippen molar-refractivity contribution in [1.82, 2.24) is 15.1 Å². The number of hydrogen-bond donors (Lipinski definition) is 1. The molecule has 0 unspecified atom stereocenters. The molecule has 98 valence electrons. The lowest BCUT2D eigenvalue weighted by Crippen LogP contribution is -2.31. The third-order valence-corrected chi connectivity index (χ3v) is 3.44. The highest BCUT2D eigenvalue weighted by Crippen LogP contribution is 2.28. The highest BCUT2D eigenvalue weighted by Gasteiger charge is 2.23. The maximum atomic E-state index is 6.37. The predicted octanol–water partition coefficient (Wildman–Crippen LogP) is 2.81. The van der Waals surface area contributed by atoms with Gasteiger partial charge in [0.2, 0.25) is 0 Å². The minimum Gasteiger partial charge on any atom is -0.316 e. The van der Waals surface area contributed by atoms with Crippen LogP contribution in [0.2, 0.25) is 5.02 Å². The van der Waals surface area contributed by atoms with Crippen molar-refractivity contribution in [2.75, 3.05) is 13.1 Å². The fraction of sp³-hybridized carbons (Fsp3) is 0.769. The number of nitrogens with one attached hydrogen (secondary N) is 1. The fourth-order valence-electron chi connectivity index (χ4n) is 1.99. The van der Waals surface area contributed by atoms with Crippen LogP contribution in [-0.4, -0.2) is 22.9 Å². The number of hydrogen-bond acceptors (Lipinski definition) is 2. The second-order valence-corrected chi connectivity index (χ2v) is 5.68. The molecule has 1 aromatic rings. The average molecular weight is 258 g/mol. The number of aryl methyl sites for hydroxylation is 2. The van der Waals surface area contributed by atoms with Gasteiger partial charge in [-0.1, -0.05) is 39.3 Å². The lowest BCUT2D eigenvalue weighted by molar-refractivity contribution is 0.334. The summed E-state index contributed by atoms with van der Waals surface area (Å²) in [6.45, 7) is 10.7. The molecule has 0 spiro atoms. The molecule has 0 saturated carbocycles. The van der Waals surface area contributed by atoms with Gasteiger partial charge in [-0.3, -0.25) is 4.68 Å². The van der Waals surface area contributed by atoms with Gasteiger partial charge in [0, 0.05) is 13.6 Å². The van der Waals surface area contributed by atoms with Crippen LogP contribution in [0.4, 0.5) is 0 Å². The zero-order chi connectivity index (χ0) is 13.1. The normalized spacial score (nSPS) is 12.1. The molecule has 0 aliphatic heterocycles.